The van der Waals surface area contributed by atoms with Gasteiger partial charge in [-0.05, 0) is 29.9 Å². The zero-order chi connectivity index (χ0) is 13.1. The van der Waals surface area contributed by atoms with Crippen molar-refractivity contribution in [2.75, 3.05) is 0 Å². The summed E-state index contributed by atoms with van der Waals surface area (Å²) < 4.78 is 0. The van der Waals surface area contributed by atoms with E-state index in [4.69, 9.17) is 5.11 Å². The minimum absolute atomic E-state index is 0.159. The van der Waals surface area contributed by atoms with Crippen molar-refractivity contribution in [2.45, 2.75) is 39.2 Å². The van der Waals surface area contributed by atoms with Crippen LogP contribution >= 0.6 is 0 Å². The van der Waals surface area contributed by atoms with Gasteiger partial charge in [-0.1, -0.05) is 45.0 Å². The third-order valence-corrected chi connectivity index (χ3v) is 2.94. The minimum Gasteiger partial charge on any atom is -0.479 e. The van der Waals surface area contributed by atoms with Gasteiger partial charge in [0.2, 0.25) is 0 Å². The lowest BCUT2D eigenvalue weighted by Crippen LogP contribution is -2.34. The molecule has 17 heavy (non-hydrogen) atoms. The highest BCUT2D eigenvalue weighted by atomic mass is 16.4. The Morgan fingerprint density at radius 3 is 2.18 bits per heavy atom. The molecule has 0 aliphatic rings. The first-order chi connectivity index (χ1) is 7.90. The third kappa shape index (κ3) is 3.07. The summed E-state index contributed by atoms with van der Waals surface area (Å²) in [6.45, 7) is 5.93. The molecule has 3 heteroatoms. The van der Waals surface area contributed by atoms with E-state index in [1.54, 1.807) is 19.1 Å². The monoisotopic (exact) mass is 236 g/mol. The van der Waals surface area contributed by atoms with Crippen molar-refractivity contribution in [1.29, 1.82) is 0 Å². The molecule has 0 fully saturated rings. The van der Waals surface area contributed by atoms with E-state index in [0.29, 0.717) is 11.5 Å². The summed E-state index contributed by atoms with van der Waals surface area (Å²) in [6, 6.07) is 7.18. The second-order valence-electron chi connectivity index (χ2n) is 4.81. The molecule has 1 rings (SSSR count). The molecule has 1 aromatic carbocycles. The van der Waals surface area contributed by atoms with E-state index in [2.05, 4.69) is 13.8 Å². The van der Waals surface area contributed by atoms with Crippen molar-refractivity contribution in [3.8, 4) is 0 Å². The van der Waals surface area contributed by atoms with Crippen LogP contribution in [0.25, 0.3) is 0 Å². The first-order valence-corrected chi connectivity index (χ1v) is 5.95. The first-order valence-electron chi connectivity index (χ1n) is 5.95. The van der Waals surface area contributed by atoms with Gasteiger partial charge in [0.05, 0.1) is 0 Å². The molecular formula is C14H20O3. The second-order valence-corrected chi connectivity index (χ2v) is 4.81. The average Bonchev–Trinajstić information content (AvgIpc) is 2.28. The molecule has 3 nitrogen and oxygen atoms in total. The Morgan fingerprint density at radius 1 is 1.29 bits per heavy atom. The molecule has 0 amide bonds. The Hall–Kier alpha value is -1.35. The van der Waals surface area contributed by atoms with Crippen LogP contribution in [0.5, 0.6) is 0 Å². The van der Waals surface area contributed by atoms with Crippen LogP contribution in [-0.4, -0.2) is 16.2 Å². The Balaban J connectivity index is 2.97. The van der Waals surface area contributed by atoms with Crippen LogP contribution in [-0.2, 0) is 16.8 Å². The molecule has 0 saturated heterocycles. The third-order valence-electron chi connectivity index (χ3n) is 2.94. The molecule has 2 N–H and O–H groups in total. The van der Waals surface area contributed by atoms with Crippen molar-refractivity contribution in [3.63, 3.8) is 0 Å². The maximum atomic E-state index is 11.1. The number of hydrogen-bond acceptors (Lipinski definition) is 2. The summed E-state index contributed by atoms with van der Waals surface area (Å²) in [5.74, 6) is -0.637. The van der Waals surface area contributed by atoms with Gasteiger partial charge in [-0.15, -0.1) is 0 Å². The smallest absolute Gasteiger partial charge is 0.340 e. The van der Waals surface area contributed by atoms with Crippen LogP contribution in [0.2, 0.25) is 0 Å². The zero-order valence-electron chi connectivity index (χ0n) is 10.6. The number of hydrogen-bond donors (Lipinski definition) is 2. The van der Waals surface area contributed by atoms with E-state index in [0.717, 1.165) is 12.0 Å². The van der Waals surface area contributed by atoms with Crippen LogP contribution in [0.3, 0.4) is 0 Å². The van der Waals surface area contributed by atoms with Crippen LogP contribution in [0.15, 0.2) is 24.3 Å². The van der Waals surface area contributed by atoms with E-state index >= 15 is 0 Å². The number of aliphatic hydroxyl groups is 1. The van der Waals surface area contributed by atoms with Gasteiger partial charge in [-0.25, -0.2) is 4.79 Å². The molecular weight excluding hydrogens is 216 g/mol. The number of rotatable bonds is 5. The molecule has 94 valence electrons. The Labute approximate surface area is 102 Å². The lowest BCUT2D eigenvalue weighted by Gasteiger charge is -2.22. The topological polar surface area (TPSA) is 57.5 Å². The number of benzene rings is 1. The van der Waals surface area contributed by atoms with Crippen molar-refractivity contribution < 1.29 is 15.0 Å². The molecule has 0 spiro atoms. The van der Waals surface area contributed by atoms with E-state index < -0.39 is 11.6 Å². The van der Waals surface area contributed by atoms with Gasteiger partial charge in [0, 0.05) is 0 Å². The first kappa shape index (κ1) is 13.7. The molecule has 0 radical (unpaired) electrons. The van der Waals surface area contributed by atoms with E-state index in [9.17, 15) is 9.90 Å². The highest BCUT2D eigenvalue weighted by molar-refractivity contribution is 5.79. The second kappa shape index (κ2) is 5.32. The molecule has 0 saturated carbocycles. The number of carboxylic acids is 1. The minimum atomic E-state index is -1.77. The van der Waals surface area contributed by atoms with E-state index in [1.165, 1.54) is 0 Å². The van der Waals surface area contributed by atoms with Crippen LogP contribution in [0, 0.1) is 5.92 Å². The fourth-order valence-corrected chi connectivity index (χ4v) is 1.87. The maximum Gasteiger partial charge on any atom is 0.340 e. The van der Waals surface area contributed by atoms with Crippen molar-refractivity contribution >= 4 is 5.97 Å². The standard InChI is InChI=1S/C14H20O3/c1-4-14(17,13(15)16)12-7-5-11(6-8-12)9-10(2)3/h5-8,10,17H,4,9H2,1-3H3,(H,15,16). The van der Waals surface area contributed by atoms with Gasteiger partial charge in [-0.2, -0.15) is 0 Å². The molecule has 0 aliphatic carbocycles. The van der Waals surface area contributed by atoms with E-state index in [1.807, 2.05) is 12.1 Å². The summed E-state index contributed by atoms with van der Waals surface area (Å²) >= 11 is 0. The fraction of sp³-hybridized carbons (Fsp3) is 0.500. The molecule has 0 bridgehead atoms. The average molecular weight is 236 g/mol. The van der Waals surface area contributed by atoms with Crippen LogP contribution < -0.4 is 0 Å². The number of aliphatic carboxylic acids is 1. The van der Waals surface area contributed by atoms with Crippen LogP contribution in [0.1, 0.15) is 38.3 Å². The Morgan fingerprint density at radius 2 is 1.82 bits per heavy atom. The number of carboxylic acid groups (broad SMARTS) is 1. The quantitative estimate of drug-likeness (QED) is 0.826. The molecule has 0 aliphatic heterocycles. The van der Waals surface area contributed by atoms with Crippen molar-refractivity contribution in [2.24, 2.45) is 5.92 Å². The van der Waals surface area contributed by atoms with Gasteiger partial charge in [0.25, 0.3) is 0 Å². The van der Waals surface area contributed by atoms with Gasteiger partial charge in [-0.3, -0.25) is 0 Å². The molecule has 1 aromatic rings. The summed E-state index contributed by atoms with van der Waals surface area (Å²) in [5, 5.41) is 19.1. The van der Waals surface area contributed by atoms with E-state index in [-0.39, 0.29) is 6.42 Å². The molecule has 1 atom stereocenters. The molecule has 0 aromatic heterocycles. The Kier molecular flexibility index (Phi) is 4.29. The maximum absolute atomic E-state index is 11.1. The lowest BCUT2D eigenvalue weighted by molar-refractivity contribution is -0.160. The highest BCUT2D eigenvalue weighted by Gasteiger charge is 2.35. The summed E-state index contributed by atoms with van der Waals surface area (Å²) in [5.41, 5.74) is -0.163. The zero-order valence-corrected chi connectivity index (χ0v) is 10.6. The largest absolute Gasteiger partial charge is 0.479 e. The summed E-state index contributed by atoms with van der Waals surface area (Å²) in [6.07, 6.45) is 1.11. The van der Waals surface area contributed by atoms with Gasteiger partial charge in [0.15, 0.2) is 5.60 Å². The highest BCUT2D eigenvalue weighted by Crippen LogP contribution is 2.25. The van der Waals surface area contributed by atoms with Crippen molar-refractivity contribution in [1.82, 2.24) is 0 Å². The van der Waals surface area contributed by atoms with Crippen molar-refractivity contribution in [3.05, 3.63) is 35.4 Å². The normalized spacial score (nSPS) is 14.6. The van der Waals surface area contributed by atoms with Gasteiger partial charge in [0.1, 0.15) is 0 Å². The predicted molar refractivity (Wildman–Crippen MR) is 66.8 cm³/mol. The lowest BCUT2D eigenvalue weighted by atomic mass is 9.90. The summed E-state index contributed by atoms with van der Waals surface area (Å²) in [7, 11) is 0. The van der Waals surface area contributed by atoms with Gasteiger partial charge < -0.3 is 10.2 Å². The molecule has 0 heterocycles. The molecule has 1 unspecified atom stereocenters. The fourth-order valence-electron chi connectivity index (χ4n) is 1.87. The van der Waals surface area contributed by atoms with Crippen LogP contribution in [0.4, 0.5) is 0 Å². The SMILES string of the molecule is CCC(O)(C(=O)O)c1ccc(CC(C)C)cc1. The summed E-state index contributed by atoms with van der Waals surface area (Å²) in [4.78, 5) is 11.1. The Bertz CT molecular complexity index is 381. The predicted octanol–water partition coefficient (Wildman–Crippen LogP) is 2.57. The number of carbonyl (C=O) groups is 1. The van der Waals surface area contributed by atoms with Gasteiger partial charge >= 0.3 is 5.97 Å².